The smallest absolute Gasteiger partial charge is 0.355 e. The molecule has 2 heterocycles. The number of hydrogen-bond acceptors (Lipinski definition) is 6. The van der Waals surface area contributed by atoms with Gasteiger partial charge >= 0.3 is 5.97 Å². The van der Waals surface area contributed by atoms with E-state index in [2.05, 4.69) is 4.98 Å². The number of nitrogens with zero attached hydrogens (tertiary/aromatic N) is 1. The number of H-pyrrole nitrogens is 1. The van der Waals surface area contributed by atoms with Crippen molar-refractivity contribution in [3.8, 4) is 0 Å². The average Bonchev–Trinajstić information content (AvgIpc) is 3.08. The molecule has 0 spiro atoms. The molecule has 0 aliphatic carbocycles. The molecule has 0 bridgehead atoms. The summed E-state index contributed by atoms with van der Waals surface area (Å²) >= 11 is 0. The van der Waals surface area contributed by atoms with Crippen molar-refractivity contribution in [1.82, 2.24) is 9.88 Å². The zero-order valence-electron chi connectivity index (χ0n) is 17.0. The minimum atomic E-state index is -3.14. The van der Waals surface area contributed by atoms with Crippen LogP contribution in [0.25, 0.3) is 0 Å². The van der Waals surface area contributed by atoms with Crippen LogP contribution in [0.1, 0.15) is 59.3 Å². The molecule has 8 nitrogen and oxygen atoms in total. The van der Waals surface area contributed by atoms with E-state index >= 15 is 0 Å². The van der Waals surface area contributed by atoms with E-state index in [1.807, 2.05) is 13.8 Å². The number of carbonyl (C=O) groups excluding carboxylic acids is 3. The summed E-state index contributed by atoms with van der Waals surface area (Å²) < 4.78 is 28.7. The molecule has 1 N–H and O–H groups in total. The second-order valence-corrected chi connectivity index (χ2v) is 9.98. The van der Waals surface area contributed by atoms with Crippen LogP contribution in [0.3, 0.4) is 0 Å². The lowest BCUT2D eigenvalue weighted by molar-refractivity contribution is -0.137. The number of nitrogens with one attached hydrogen (secondary N) is 1. The minimum Gasteiger partial charge on any atom is -0.451 e. The normalized spacial score (nSPS) is 18.3. The van der Waals surface area contributed by atoms with Gasteiger partial charge in [-0.25, -0.2) is 13.2 Å². The summed E-state index contributed by atoms with van der Waals surface area (Å²) in [6, 6.07) is -0.391. The van der Waals surface area contributed by atoms with Gasteiger partial charge in [-0.05, 0) is 38.7 Å². The van der Waals surface area contributed by atoms with Crippen molar-refractivity contribution < 1.29 is 27.5 Å². The van der Waals surface area contributed by atoms with Crippen molar-refractivity contribution in [3.63, 3.8) is 0 Å². The Morgan fingerprint density at radius 2 is 1.89 bits per heavy atom. The van der Waals surface area contributed by atoms with Gasteiger partial charge in [0.05, 0.1) is 11.5 Å². The van der Waals surface area contributed by atoms with Gasteiger partial charge in [-0.15, -0.1) is 0 Å². The third kappa shape index (κ3) is 5.01. The molecule has 1 aromatic rings. The van der Waals surface area contributed by atoms with Gasteiger partial charge in [0, 0.05) is 23.8 Å². The van der Waals surface area contributed by atoms with Gasteiger partial charge < -0.3 is 14.6 Å². The SMILES string of the molecule is CC(=O)c1c(C)[nH]c(C(=O)OCC(=O)N(CC(C)C)[C@H]2CCS(=O)(=O)C2)c1C. The standard InChI is InChI=1S/C19H28N2O6S/c1-11(2)8-21(15-6-7-28(25,26)10-15)16(23)9-27-19(24)18-12(3)17(14(5)22)13(4)20-18/h11,15,20H,6-10H2,1-5H3/t15-/m0/s1. The lowest BCUT2D eigenvalue weighted by Gasteiger charge is -2.29. The number of ketones is 1. The van der Waals surface area contributed by atoms with E-state index in [1.54, 1.807) is 13.8 Å². The molecule has 0 unspecified atom stereocenters. The first-order valence-electron chi connectivity index (χ1n) is 9.30. The first kappa shape index (κ1) is 22.1. The van der Waals surface area contributed by atoms with E-state index in [0.717, 1.165) is 0 Å². The van der Waals surface area contributed by atoms with Crippen LogP contribution in [0.2, 0.25) is 0 Å². The Bertz CT molecular complexity index is 884. The highest BCUT2D eigenvalue weighted by molar-refractivity contribution is 7.91. The molecule has 1 saturated heterocycles. The third-order valence-corrected chi connectivity index (χ3v) is 6.60. The molecule has 156 valence electrons. The van der Waals surface area contributed by atoms with Crippen molar-refractivity contribution in [2.45, 2.75) is 47.1 Å². The highest BCUT2D eigenvalue weighted by atomic mass is 32.2. The minimum absolute atomic E-state index is 0.0592. The number of hydrogen-bond donors (Lipinski definition) is 1. The third-order valence-electron chi connectivity index (χ3n) is 4.85. The van der Waals surface area contributed by atoms with Crippen LogP contribution in [0.5, 0.6) is 0 Å². The number of aromatic nitrogens is 1. The van der Waals surface area contributed by atoms with E-state index in [9.17, 15) is 22.8 Å². The van der Waals surface area contributed by atoms with Gasteiger partial charge in [0.2, 0.25) is 0 Å². The summed E-state index contributed by atoms with van der Waals surface area (Å²) in [5, 5.41) is 0. The van der Waals surface area contributed by atoms with Gasteiger partial charge in [0.25, 0.3) is 5.91 Å². The molecule has 0 aromatic carbocycles. The van der Waals surface area contributed by atoms with Crippen LogP contribution >= 0.6 is 0 Å². The van der Waals surface area contributed by atoms with E-state index in [4.69, 9.17) is 4.74 Å². The molecule has 28 heavy (non-hydrogen) atoms. The number of Topliss-reactive ketones (excluding diaryl/α,β-unsaturated/α-hetero) is 1. The molecular formula is C19H28N2O6S. The Hall–Kier alpha value is -2.16. The van der Waals surface area contributed by atoms with E-state index in [0.29, 0.717) is 29.8 Å². The monoisotopic (exact) mass is 412 g/mol. The maximum absolute atomic E-state index is 12.7. The largest absolute Gasteiger partial charge is 0.451 e. The number of aromatic amines is 1. The van der Waals surface area contributed by atoms with Gasteiger partial charge in [0.1, 0.15) is 5.69 Å². The molecule has 0 saturated carbocycles. The Morgan fingerprint density at radius 1 is 1.25 bits per heavy atom. The molecule has 1 atom stereocenters. The van der Waals surface area contributed by atoms with E-state index in [-0.39, 0.29) is 28.9 Å². The topological polar surface area (TPSA) is 114 Å². The summed E-state index contributed by atoms with van der Waals surface area (Å²) in [6.07, 6.45) is 0.394. The second kappa shape index (κ2) is 8.46. The van der Waals surface area contributed by atoms with Crippen molar-refractivity contribution in [2.24, 2.45) is 5.92 Å². The highest BCUT2D eigenvalue weighted by Gasteiger charge is 2.35. The first-order valence-corrected chi connectivity index (χ1v) is 11.1. The zero-order chi connectivity index (χ0) is 21.2. The zero-order valence-corrected chi connectivity index (χ0v) is 17.8. The van der Waals surface area contributed by atoms with Crippen LogP contribution in [0.15, 0.2) is 0 Å². The van der Waals surface area contributed by atoms with Crippen LogP contribution in [0.4, 0.5) is 0 Å². The van der Waals surface area contributed by atoms with Gasteiger partial charge in [-0.1, -0.05) is 13.8 Å². The molecule has 1 aliphatic heterocycles. The Balaban J connectivity index is 2.09. The maximum atomic E-state index is 12.7. The van der Waals surface area contributed by atoms with Crippen LogP contribution < -0.4 is 0 Å². The molecule has 1 aliphatic rings. The van der Waals surface area contributed by atoms with Crippen molar-refractivity contribution in [1.29, 1.82) is 0 Å². The summed E-state index contributed by atoms with van der Waals surface area (Å²) in [7, 11) is -3.14. The van der Waals surface area contributed by atoms with Gasteiger partial charge in [-0.2, -0.15) is 0 Å². The summed E-state index contributed by atoms with van der Waals surface area (Å²) in [4.78, 5) is 41.1. The van der Waals surface area contributed by atoms with E-state index < -0.39 is 34.4 Å². The molecule has 1 fully saturated rings. The second-order valence-electron chi connectivity index (χ2n) is 7.75. The number of amides is 1. The Morgan fingerprint density at radius 3 is 2.36 bits per heavy atom. The predicted octanol–water partition coefficient (Wildman–Crippen LogP) is 1.66. The molecule has 1 aromatic heterocycles. The predicted molar refractivity (Wildman–Crippen MR) is 104 cm³/mol. The molecule has 9 heteroatoms. The lowest BCUT2D eigenvalue weighted by atomic mass is 10.1. The van der Waals surface area contributed by atoms with E-state index in [1.165, 1.54) is 11.8 Å². The number of aryl methyl sites for hydroxylation is 1. The van der Waals surface area contributed by atoms with Gasteiger partial charge in [0.15, 0.2) is 22.2 Å². The van der Waals surface area contributed by atoms with Crippen LogP contribution in [0, 0.1) is 19.8 Å². The highest BCUT2D eigenvalue weighted by Crippen LogP contribution is 2.21. The number of esters is 1. The lowest BCUT2D eigenvalue weighted by Crippen LogP contribution is -2.45. The summed E-state index contributed by atoms with van der Waals surface area (Å²) in [5.41, 5.74) is 1.65. The average molecular weight is 413 g/mol. The molecule has 2 rings (SSSR count). The van der Waals surface area contributed by atoms with Crippen molar-refractivity contribution in [2.75, 3.05) is 24.7 Å². The number of carbonyl (C=O) groups is 3. The summed E-state index contributed by atoms with van der Waals surface area (Å²) in [6.45, 7) is 8.54. The van der Waals surface area contributed by atoms with Crippen molar-refractivity contribution >= 4 is 27.5 Å². The fourth-order valence-corrected chi connectivity index (χ4v) is 5.36. The van der Waals surface area contributed by atoms with Crippen molar-refractivity contribution in [3.05, 3.63) is 22.5 Å². The Kier molecular flexibility index (Phi) is 6.69. The first-order chi connectivity index (χ1) is 12.9. The molecule has 0 radical (unpaired) electrons. The maximum Gasteiger partial charge on any atom is 0.355 e. The fraction of sp³-hybridized carbons (Fsp3) is 0.632. The van der Waals surface area contributed by atoms with Crippen LogP contribution in [-0.4, -0.2) is 66.7 Å². The number of sulfone groups is 1. The Labute approximate surface area is 165 Å². The quantitative estimate of drug-likeness (QED) is 0.538. The number of ether oxygens (including phenoxy) is 1. The summed E-state index contributed by atoms with van der Waals surface area (Å²) in [5.74, 6) is -1.15. The van der Waals surface area contributed by atoms with Crippen LogP contribution in [-0.2, 0) is 19.4 Å². The van der Waals surface area contributed by atoms with Gasteiger partial charge in [-0.3, -0.25) is 9.59 Å². The number of rotatable bonds is 7. The fourth-order valence-electron chi connectivity index (χ4n) is 3.63. The molecule has 1 amide bonds. The molecular weight excluding hydrogens is 384 g/mol.